The van der Waals surface area contributed by atoms with Gasteiger partial charge in [0, 0.05) is 0 Å². The first-order valence-corrected chi connectivity index (χ1v) is 12.4. The largest absolute Gasteiger partial charge is 0.424 e. The summed E-state index contributed by atoms with van der Waals surface area (Å²) in [5.41, 5.74) is 0.731. The fourth-order valence-corrected chi connectivity index (χ4v) is 7.21. The molecule has 0 aromatic carbocycles. The summed E-state index contributed by atoms with van der Waals surface area (Å²) in [6.45, 7) is 10.1. The highest BCUT2D eigenvalue weighted by molar-refractivity contribution is 4.96. The van der Waals surface area contributed by atoms with Crippen LogP contribution < -0.4 is 0 Å². The van der Waals surface area contributed by atoms with Gasteiger partial charge in [0.25, 0.3) is 12.5 Å². The molecule has 0 saturated heterocycles. The van der Waals surface area contributed by atoms with Crippen LogP contribution >= 0.6 is 0 Å². The number of rotatable bonds is 6. The van der Waals surface area contributed by atoms with E-state index < -0.39 is 0 Å². The van der Waals surface area contributed by atoms with Crippen molar-refractivity contribution in [2.24, 2.45) is 34.5 Å². The topological polar surface area (TPSA) is 66.0 Å². The molecular formula is C26H42N2O2. The average molecular weight is 415 g/mol. The van der Waals surface area contributed by atoms with Gasteiger partial charge < -0.3 is 9.47 Å². The van der Waals surface area contributed by atoms with Gasteiger partial charge in [-0.1, -0.05) is 34.1 Å². The smallest absolute Gasteiger partial charge is 0.286 e. The van der Waals surface area contributed by atoms with Crippen molar-refractivity contribution in [2.75, 3.05) is 0 Å². The first-order chi connectivity index (χ1) is 14.3. The molecule has 2 atom stereocenters. The molecule has 0 bridgehead atoms. The van der Waals surface area contributed by atoms with Gasteiger partial charge in [-0.25, -0.2) is 0 Å². The lowest BCUT2D eigenvalue weighted by molar-refractivity contribution is -0.0274. The van der Waals surface area contributed by atoms with Gasteiger partial charge in [0.15, 0.2) is 0 Å². The highest BCUT2D eigenvalue weighted by atomic mass is 16.5. The van der Waals surface area contributed by atoms with E-state index in [4.69, 9.17) is 20.0 Å². The summed E-state index contributed by atoms with van der Waals surface area (Å²) in [7, 11) is 0. The second-order valence-electron chi connectivity index (χ2n) is 11.6. The normalized spacial score (nSPS) is 35.7. The van der Waals surface area contributed by atoms with Gasteiger partial charge in [0.2, 0.25) is 0 Å². The van der Waals surface area contributed by atoms with Crippen LogP contribution in [0.5, 0.6) is 0 Å². The van der Waals surface area contributed by atoms with Crippen LogP contribution in [-0.4, -0.2) is 12.2 Å². The van der Waals surface area contributed by atoms with E-state index in [1.54, 1.807) is 0 Å². The molecule has 0 aromatic heterocycles. The molecule has 0 amide bonds. The Balaban J connectivity index is 1.59. The monoisotopic (exact) mass is 414 g/mol. The molecule has 0 heterocycles. The maximum Gasteiger partial charge on any atom is 0.286 e. The molecule has 3 aliphatic rings. The lowest BCUT2D eigenvalue weighted by atomic mass is 9.54. The van der Waals surface area contributed by atoms with Crippen LogP contribution in [0, 0.1) is 57.5 Å². The van der Waals surface area contributed by atoms with Crippen LogP contribution in [0.2, 0.25) is 0 Å². The molecule has 3 saturated carbocycles. The zero-order chi connectivity index (χ0) is 21.8. The van der Waals surface area contributed by atoms with Gasteiger partial charge in [0.05, 0.1) is 0 Å². The van der Waals surface area contributed by atoms with Crippen molar-refractivity contribution in [3.63, 3.8) is 0 Å². The SMILES string of the molecule is CC(C)(C1CCC(OC#N)CC1)C1CCCC(C(C)(C)C2CCC(OC#N)CC2)C1. The van der Waals surface area contributed by atoms with E-state index in [0.717, 1.165) is 49.4 Å². The Kier molecular flexibility index (Phi) is 7.60. The molecule has 0 N–H and O–H groups in total. The molecule has 0 spiro atoms. The molecular weight excluding hydrogens is 372 g/mol. The van der Waals surface area contributed by atoms with Gasteiger partial charge in [-0.15, -0.1) is 0 Å². The molecule has 0 aromatic rings. The van der Waals surface area contributed by atoms with Crippen molar-refractivity contribution >= 4 is 0 Å². The number of nitrogens with zero attached hydrogens (tertiary/aromatic N) is 2. The zero-order valence-corrected chi connectivity index (χ0v) is 19.7. The molecule has 30 heavy (non-hydrogen) atoms. The van der Waals surface area contributed by atoms with Gasteiger partial charge >= 0.3 is 0 Å². The van der Waals surface area contributed by atoms with Crippen LogP contribution in [0.1, 0.15) is 105 Å². The van der Waals surface area contributed by atoms with E-state index in [1.807, 2.05) is 12.5 Å². The molecule has 3 rings (SSSR count). The first-order valence-electron chi connectivity index (χ1n) is 12.4. The predicted octanol–water partition coefficient (Wildman–Crippen LogP) is 6.96. The van der Waals surface area contributed by atoms with Crippen molar-refractivity contribution in [3.05, 3.63) is 0 Å². The summed E-state index contributed by atoms with van der Waals surface area (Å²) in [6, 6.07) is 0. The third kappa shape index (κ3) is 5.07. The van der Waals surface area contributed by atoms with E-state index in [9.17, 15) is 0 Å². The fraction of sp³-hybridized carbons (Fsp3) is 0.923. The minimum atomic E-state index is 0.153. The predicted molar refractivity (Wildman–Crippen MR) is 118 cm³/mol. The highest BCUT2D eigenvalue weighted by Gasteiger charge is 2.46. The quantitative estimate of drug-likeness (QED) is 0.441. The van der Waals surface area contributed by atoms with Crippen molar-refractivity contribution in [3.8, 4) is 12.5 Å². The Morgan fingerprint density at radius 3 is 1.27 bits per heavy atom. The number of hydrogen-bond donors (Lipinski definition) is 0. The molecule has 2 unspecified atom stereocenters. The third-order valence-electron chi connectivity index (χ3n) is 9.67. The van der Waals surface area contributed by atoms with E-state index in [2.05, 4.69) is 27.7 Å². The van der Waals surface area contributed by atoms with E-state index in [1.165, 1.54) is 51.4 Å². The summed E-state index contributed by atoms with van der Waals surface area (Å²) in [4.78, 5) is 0. The molecule has 0 aliphatic heterocycles. The average Bonchev–Trinajstić information content (AvgIpc) is 2.75. The van der Waals surface area contributed by atoms with Crippen LogP contribution in [0.3, 0.4) is 0 Å². The Labute approximate surface area is 184 Å². The summed E-state index contributed by atoms with van der Waals surface area (Å²) in [5.74, 6) is 3.10. The summed E-state index contributed by atoms with van der Waals surface area (Å²) >= 11 is 0. The second kappa shape index (κ2) is 9.80. The molecule has 3 fully saturated rings. The van der Waals surface area contributed by atoms with E-state index in [-0.39, 0.29) is 12.2 Å². The highest BCUT2D eigenvalue weighted by Crippen LogP contribution is 2.55. The van der Waals surface area contributed by atoms with Crippen molar-refractivity contribution < 1.29 is 9.47 Å². The zero-order valence-electron chi connectivity index (χ0n) is 19.7. The van der Waals surface area contributed by atoms with Crippen molar-refractivity contribution in [1.29, 1.82) is 10.5 Å². The minimum Gasteiger partial charge on any atom is -0.424 e. The Bertz CT molecular complexity index is 574. The van der Waals surface area contributed by atoms with Gasteiger partial charge in [-0.3, -0.25) is 0 Å². The molecule has 0 radical (unpaired) electrons. The lowest BCUT2D eigenvalue weighted by Gasteiger charge is -2.51. The third-order valence-corrected chi connectivity index (χ3v) is 9.67. The minimum absolute atomic E-state index is 0.153. The summed E-state index contributed by atoms with van der Waals surface area (Å²) in [5, 5.41) is 17.6. The number of nitriles is 2. The van der Waals surface area contributed by atoms with Gasteiger partial charge in [0.1, 0.15) is 12.2 Å². The van der Waals surface area contributed by atoms with Crippen LogP contribution in [0.4, 0.5) is 0 Å². The van der Waals surface area contributed by atoms with E-state index in [0.29, 0.717) is 10.8 Å². The molecule has 4 nitrogen and oxygen atoms in total. The fourth-order valence-electron chi connectivity index (χ4n) is 7.21. The maximum atomic E-state index is 8.81. The van der Waals surface area contributed by atoms with E-state index >= 15 is 0 Å². The molecule has 3 aliphatic carbocycles. The first kappa shape index (κ1) is 23.2. The molecule has 4 heteroatoms. The Hall–Kier alpha value is -1.42. The maximum absolute atomic E-state index is 8.81. The Morgan fingerprint density at radius 2 is 0.933 bits per heavy atom. The van der Waals surface area contributed by atoms with Crippen LogP contribution in [-0.2, 0) is 9.47 Å². The second-order valence-corrected chi connectivity index (χ2v) is 11.6. The number of hydrogen-bond acceptors (Lipinski definition) is 4. The summed E-state index contributed by atoms with van der Waals surface area (Å²) < 4.78 is 10.4. The van der Waals surface area contributed by atoms with Gasteiger partial charge in [-0.05, 0) is 105 Å². The van der Waals surface area contributed by atoms with Crippen LogP contribution in [0.25, 0.3) is 0 Å². The van der Waals surface area contributed by atoms with Crippen molar-refractivity contribution in [2.45, 2.75) is 117 Å². The number of ether oxygens (including phenoxy) is 2. The van der Waals surface area contributed by atoms with Crippen molar-refractivity contribution in [1.82, 2.24) is 0 Å². The molecule has 168 valence electrons. The van der Waals surface area contributed by atoms with Crippen LogP contribution in [0.15, 0.2) is 0 Å². The van der Waals surface area contributed by atoms with Gasteiger partial charge in [-0.2, -0.15) is 10.5 Å². The standard InChI is InChI=1S/C26H42N2O2/c1-25(2,19-8-12-23(13-9-19)29-17-27)21-6-5-7-22(16-21)26(3,4)20-10-14-24(15-11-20)30-18-28/h19-24H,5-16H2,1-4H3. The Morgan fingerprint density at radius 1 is 0.567 bits per heavy atom. The summed E-state index contributed by atoms with van der Waals surface area (Å²) in [6.07, 6.45) is 18.5. The lowest BCUT2D eigenvalue weighted by Crippen LogP contribution is -2.43.